The van der Waals surface area contributed by atoms with Crippen LogP contribution < -0.4 is 0 Å². The lowest BCUT2D eigenvalue weighted by Crippen LogP contribution is -2.15. The van der Waals surface area contributed by atoms with Gasteiger partial charge in [0.2, 0.25) is 6.54 Å². The molecule has 0 spiro atoms. The van der Waals surface area contributed by atoms with Crippen LogP contribution in [0.4, 0.5) is 0 Å². The third-order valence-corrected chi connectivity index (χ3v) is 2.05. The van der Waals surface area contributed by atoms with Gasteiger partial charge in [0.05, 0.1) is 0 Å². The number of hydrogen-bond donors (Lipinski definition) is 0. The van der Waals surface area contributed by atoms with Crippen LogP contribution in [0.15, 0.2) is 12.2 Å². The van der Waals surface area contributed by atoms with Gasteiger partial charge in [-0.05, 0) is 17.4 Å². The Morgan fingerprint density at radius 2 is 2.00 bits per heavy atom. The highest BCUT2D eigenvalue weighted by atomic mass is 16.6. The van der Waals surface area contributed by atoms with Gasteiger partial charge in [0, 0.05) is 4.92 Å². The van der Waals surface area contributed by atoms with Gasteiger partial charge in [-0.2, -0.15) is 0 Å². The zero-order valence-corrected chi connectivity index (χ0v) is 8.20. The predicted octanol–water partition coefficient (Wildman–Crippen LogP) is 2.50. The van der Waals surface area contributed by atoms with E-state index in [4.69, 9.17) is 0 Å². The molecule has 0 aliphatic rings. The Morgan fingerprint density at radius 3 is 2.33 bits per heavy atom. The van der Waals surface area contributed by atoms with Gasteiger partial charge >= 0.3 is 0 Å². The molecular formula is C9H17NO2. The molecule has 70 valence electrons. The molecule has 0 aromatic rings. The summed E-state index contributed by atoms with van der Waals surface area (Å²) in [4.78, 5) is 9.66. The van der Waals surface area contributed by atoms with E-state index in [2.05, 4.69) is 27.7 Å². The molecule has 0 rings (SSSR count). The minimum Gasteiger partial charge on any atom is -0.264 e. The van der Waals surface area contributed by atoms with Gasteiger partial charge in [-0.25, -0.2) is 0 Å². The summed E-state index contributed by atoms with van der Waals surface area (Å²) < 4.78 is 0. The van der Waals surface area contributed by atoms with E-state index in [1.54, 1.807) is 6.08 Å². The Hall–Kier alpha value is -0.860. The van der Waals surface area contributed by atoms with E-state index in [9.17, 15) is 10.1 Å². The van der Waals surface area contributed by atoms with Crippen molar-refractivity contribution < 1.29 is 4.92 Å². The van der Waals surface area contributed by atoms with E-state index in [-0.39, 0.29) is 16.9 Å². The lowest BCUT2D eigenvalue weighted by atomic mass is 9.82. The summed E-state index contributed by atoms with van der Waals surface area (Å²) in [6, 6.07) is 0. The summed E-state index contributed by atoms with van der Waals surface area (Å²) in [6.07, 6.45) is 3.53. The van der Waals surface area contributed by atoms with Gasteiger partial charge in [0.15, 0.2) is 0 Å². The molecule has 1 atom stereocenters. The van der Waals surface area contributed by atoms with E-state index < -0.39 is 0 Å². The van der Waals surface area contributed by atoms with Gasteiger partial charge < -0.3 is 0 Å². The van der Waals surface area contributed by atoms with E-state index in [1.807, 2.05) is 6.08 Å². The molecule has 0 amide bonds. The molecule has 0 N–H and O–H groups in total. The highest BCUT2D eigenvalue weighted by Crippen LogP contribution is 2.25. The van der Waals surface area contributed by atoms with Crippen LogP contribution in [0, 0.1) is 21.4 Å². The smallest absolute Gasteiger partial charge is 0.222 e. The molecule has 3 heteroatoms. The number of nitro groups is 1. The Kier molecular flexibility index (Phi) is 3.93. The van der Waals surface area contributed by atoms with Crippen LogP contribution >= 0.6 is 0 Å². The van der Waals surface area contributed by atoms with E-state index in [0.29, 0.717) is 5.92 Å². The Labute approximate surface area is 73.6 Å². The fraction of sp³-hybridized carbons (Fsp3) is 0.778. The number of hydrogen-bond acceptors (Lipinski definition) is 2. The first kappa shape index (κ1) is 11.1. The SMILES string of the molecule is C[C@@H](/C=C/C[N+](=O)[O-])C(C)(C)C. The van der Waals surface area contributed by atoms with Crippen LogP contribution in [0.3, 0.4) is 0 Å². The summed E-state index contributed by atoms with van der Waals surface area (Å²) in [5, 5.41) is 9.98. The maximum Gasteiger partial charge on any atom is 0.222 e. The average molecular weight is 171 g/mol. The van der Waals surface area contributed by atoms with Crippen molar-refractivity contribution in [1.29, 1.82) is 0 Å². The van der Waals surface area contributed by atoms with Gasteiger partial charge in [0.25, 0.3) is 0 Å². The summed E-state index contributed by atoms with van der Waals surface area (Å²) in [5.41, 5.74) is 0.188. The largest absolute Gasteiger partial charge is 0.264 e. The van der Waals surface area contributed by atoms with Gasteiger partial charge in [-0.1, -0.05) is 33.8 Å². The molecule has 0 fully saturated rings. The first-order valence-corrected chi connectivity index (χ1v) is 4.12. The summed E-state index contributed by atoms with van der Waals surface area (Å²) in [5.74, 6) is 0.373. The molecule has 0 aliphatic carbocycles. The number of allylic oxidation sites excluding steroid dienone is 1. The van der Waals surface area contributed by atoms with E-state index in [1.165, 1.54) is 0 Å². The van der Waals surface area contributed by atoms with Crippen molar-refractivity contribution in [3.63, 3.8) is 0 Å². The average Bonchev–Trinajstić information content (AvgIpc) is 1.84. The monoisotopic (exact) mass is 171 g/mol. The van der Waals surface area contributed by atoms with Crippen molar-refractivity contribution in [3.8, 4) is 0 Å². The topological polar surface area (TPSA) is 43.1 Å². The molecule has 0 unspecified atom stereocenters. The molecule has 0 aliphatic heterocycles. The standard InChI is InChI=1S/C9H17NO2/c1-8(9(2,3)4)6-5-7-10(11)12/h5-6,8H,7H2,1-4H3/b6-5+/t8-/m0/s1. The molecule has 0 saturated heterocycles. The first-order chi connectivity index (χ1) is 5.34. The quantitative estimate of drug-likeness (QED) is 0.372. The van der Waals surface area contributed by atoms with Crippen LogP contribution in [0.25, 0.3) is 0 Å². The molecule has 0 saturated carbocycles. The van der Waals surface area contributed by atoms with Gasteiger partial charge in [0.1, 0.15) is 0 Å². The third kappa shape index (κ3) is 4.88. The normalized spacial score (nSPS) is 15.0. The second-order valence-corrected chi connectivity index (χ2v) is 4.10. The Balaban J connectivity index is 3.92. The van der Waals surface area contributed by atoms with Crippen LogP contribution in [0.1, 0.15) is 27.7 Å². The molecule has 3 nitrogen and oxygen atoms in total. The highest BCUT2D eigenvalue weighted by molar-refractivity contribution is 4.91. The van der Waals surface area contributed by atoms with Crippen molar-refractivity contribution in [2.75, 3.05) is 6.54 Å². The van der Waals surface area contributed by atoms with Crippen molar-refractivity contribution in [1.82, 2.24) is 0 Å². The second kappa shape index (κ2) is 4.24. The van der Waals surface area contributed by atoms with Crippen LogP contribution in [-0.4, -0.2) is 11.5 Å². The zero-order valence-electron chi connectivity index (χ0n) is 8.20. The number of rotatable bonds is 3. The maximum atomic E-state index is 9.98. The van der Waals surface area contributed by atoms with Gasteiger partial charge in [-0.3, -0.25) is 10.1 Å². The lowest BCUT2D eigenvalue weighted by Gasteiger charge is -2.23. The second-order valence-electron chi connectivity index (χ2n) is 4.10. The van der Waals surface area contributed by atoms with Crippen molar-refractivity contribution in [2.45, 2.75) is 27.7 Å². The lowest BCUT2D eigenvalue weighted by molar-refractivity contribution is -0.468. The molecule has 0 bridgehead atoms. The number of nitrogens with zero attached hydrogens (tertiary/aromatic N) is 1. The van der Waals surface area contributed by atoms with Crippen LogP contribution in [0.2, 0.25) is 0 Å². The fourth-order valence-corrected chi connectivity index (χ4v) is 0.640. The predicted molar refractivity (Wildman–Crippen MR) is 49.6 cm³/mol. The molecule has 0 radical (unpaired) electrons. The third-order valence-electron chi connectivity index (χ3n) is 2.05. The van der Waals surface area contributed by atoms with Gasteiger partial charge in [-0.15, -0.1) is 0 Å². The molecule has 12 heavy (non-hydrogen) atoms. The Bertz CT molecular complexity index is 179. The zero-order chi connectivity index (χ0) is 9.78. The fourth-order valence-electron chi connectivity index (χ4n) is 0.640. The van der Waals surface area contributed by atoms with Crippen molar-refractivity contribution in [3.05, 3.63) is 22.3 Å². The van der Waals surface area contributed by atoms with E-state index >= 15 is 0 Å². The molecule has 0 aromatic heterocycles. The first-order valence-electron chi connectivity index (χ1n) is 4.12. The molecular weight excluding hydrogens is 154 g/mol. The summed E-state index contributed by atoms with van der Waals surface area (Å²) in [6.45, 7) is 8.35. The Morgan fingerprint density at radius 1 is 1.50 bits per heavy atom. The van der Waals surface area contributed by atoms with Crippen LogP contribution in [-0.2, 0) is 0 Å². The van der Waals surface area contributed by atoms with Crippen molar-refractivity contribution in [2.24, 2.45) is 11.3 Å². The minimum absolute atomic E-state index is 0.0690. The molecule has 0 aromatic carbocycles. The summed E-state index contributed by atoms with van der Waals surface area (Å²) in [7, 11) is 0. The van der Waals surface area contributed by atoms with Crippen LogP contribution in [0.5, 0.6) is 0 Å². The van der Waals surface area contributed by atoms with E-state index in [0.717, 1.165) is 0 Å². The molecule has 0 heterocycles. The maximum absolute atomic E-state index is 9.98. The highest BCUT2D eigenvalue weighted by Gasteiger charge is 2.16. The summed E-state index contributed by atoms with van der Waals surface area (Å²) >= 11 is 0. The minimum atomic E-state index is -0.328. The van der Waals surface area contributed by atoms with Crippen molar-refractivity contribution >= 4 is 0 Å².